The highest BCUT2D eigenvalue weighted by atomic mass is 79.9. The summed E-state index contributed by atoms with van der Waals surface area (Å²) in [5.41, 5.74) is 0.359. The quantitative estimate of drug-likeness (QED) is 0.811. The first-order valence-electron chi connectivity index (χ1n) is 4.27. The fourth-order valence-corrected chi connectivity index (χ4v) is 2.15. The Kier molecular flexibility index (Phi) is 3.57. The first-order chi connectivity index (χ1) is 5.88. The number of halogens is 2. The molecular formula is C9H14Br2N2. The van der Waals surface area contributed by atoms with Crippen LogP contribution in [0.5, 0.6) is 0 Å². The summed E-state index contributed by atoms with van der Waals surface area (Å²) >= 11 is 6.80. The third-order valence-electron chi connectivity index (χ3n) is 1.77. The Morgan fingerprint density at radius 3 is 2.38 bits per heavy atom. The highest BCUT2D eigenvalue weighted by molar-refractivity contribution is 9.11. The van der Waals surface area contributed by atoms with Crippen LogP contribution in [0.15, 0.2) is 15.3 Å². The van der Waals surface area contributed by atoms with Gasteiger partial charge in [-0.3, -0.25) is 4.68 Å². The van der Waals surface area contributed by atoms with Crippen LogP contribution in [0.25, 0.3) is 0 Å². The lowest BCUT2D eigenvalue weighted by Crippen LogP contribution is -2.11. The van der Waals surface area contributed by atoms with Gasteiger partial charge in [0.15, 0.2) is 0 Å². The number of hydrogen-bond acceptors (Lipinski definition) is 1. The molecule has 0 radical (unpaired) electrons. The van der Waals surface area contributed by atoms with Crippen molar-refractivity contribution in [1.29, 1.82) is 0 Å². The molecule has 0 aliphatic rings. The molecule has 0 fully saturated rings. The van der Waals surface area contributed by atoms with Crippen molar-refractivity contribution in [2.75, 3.05) is 0 Å². The van der Waals surface area contributed by atoms with E-state index >= 15 is 0 Å². The monoisotopic (exact) mass is 308 g/mol. The first-order valence-corrected chi connectivity index (χ1v) is 5.86. The highest BCUT2D eigenvalue weighted by Gasteiger charge is 2.11. The average molecular weight is 310 g/mol. The van der Waals surface area contributed by atoms with E-state index in [1.165, 1.54) is 0 Å². The Labute approximate surface area is 96.0 Å². The number of nitrogens with zero attached hydrogens (tertiary/aromatic N) is 2. The van der Waals surface area contributed by atoms with Gasteiger partial charge in [0.2, 0.25) is 0 Å². The van der Waals surface area contributed by atoms with Gasteiger partial charge >= 0.3 is 0 Å². The van der Waals surface area contributed by atoms with Gasteiger partial charge in [0.05, 0.1) is 0 Å². The third-order valence-corrected chi connectivity index (χ3v) is 2.80. The zero-order valence-electron chi connectivity index (χ0n) is 8.14. The summed E-state index contributed by atoms with van der Waals surface area (Å²) in [6.07, 6.45) is 1.12. The molecular weight excluding hydrogens is 296 g/mol. The summed E-state index contributed by atoms with van der Waals surface area (Å²) < 4.78 is 3.88. The van der Waals surface area contributed by atoms with Gasteiger partial charge in [-0.2, -0.15) is 5.10 Å². The summed E-state index contributed by atoms with van der Waals surface area (Å²) in [6.45, 7) is 7.66. The highest BCUT2D eigenvalue weighted by Crippen LogP contribution is 2.22. The molecule has 0 saturated heterocycles. The van der Waals surface area contributed by atoms with Crippen LogP contribution in [0.1, 0.15) is 27.2 Å². The second kappa shape index (κ2) is 4.13. The van der Waals surface area contributed by atoms with Crippen LogP contribution in [0, 0.1) is 5.41 Å². The summed E-state index contributed by atoms with van der Waals surface area (Å²) in [4.78, 5) is 0. The molecule has 0 saturated carbocycles. The summed E-state index contributed by atoms with van der Waals surface area (Å²) in [7, 11) is 0. The maximum atomic E-state index is 4.30. The van der Waals surface area contributed by atoms with Crippen LogP contribution >= 0.6 is 31.9 Å². The minimum absolute atomic E-state index is 0.359. The van der Waals surface area contributed by atoms with Crippen LogP contribution in [0.2, 0.25) is 0 Å². The van der Waals surface area contributed by atoms with Gasteiger partial charge in [0.25, 0.3) is 0 Å². The third kappa shape index (κ3) is 3.81. The van der Waals surface area contributed by atoms with Crippen LogP contribution in [-0.4, -0.2) is 9.78 Å². The molecule has 74 valence electrons. The molecule has 0 bridgehead atoms. The molecule has 0 spiro atoms. The van der Waals surface area contributed by atoms with Gasteiger partial charge in [-0.25, -0.2) is 0 Å². The summed E-state index contributed by atoms with van der Waals surface area (Å²) in [5, 5.41) is 4.30. The summed E-state index contributed by atoms with van der Waals surface area (Å²) in [5.74, 6) is 0. The van der Waals surface area contributed by atoms with Crippen molar-refractivity contribution in [2.24, 2.45) is 5.41 Å². The van der Waals surface area contributed by atoms with E-state index in [0.29, 0.717) is 5.41 Å². The van der Waals surface area contributed by atoms with E-state index in [1.54, 1.807) is 0 Å². The van der Waals surface area contributed by atoms with E-state index in [-0.39, 0.29) is 0 Å². The molecule has 0 N–H and O–H groups in total. The van der Waals surface area contributed by atoms with Crippen molar-refractivity contribution >= 4 is 31.9 Å². The van der Waals surface area contributed by atoms with Gasteiger partial charge in [0.1, 0.15) is 9.21 Å². The minimum Gasteiger partial charge on any atom is -0.257 e. The molecule has 0 amide bonds. The Morgan fingerprint density at radius 1 is 1.38 bits per heavy atom. The lowest BCUT2D eigenvalue weighted by molar-refractivity contribution is 0.339. The van der Waals surface area contributed by atoms with E-state index in [2.05, 4.69) is 57.7 Å². The smallest absolute Gasteiger partial charge is 0.129 e. The molecule has 4 heteroatoms. The van der Waals surface area contributed by atoms with E-state index in [1.807, 2.05) is 10.7 Å². The molecule has 0 atom stereocenters. The Balaban J connectivity index is 2.59. The van der Waals surface area contributed by atoms with Gasteiger partial charge in [-0.15, -0.1) is 0 Å². The largest absolute Gasteiger partial charge is 0.257 e. The summed E-state index contributed by atoms with van der Waals surface area (Å²) in [6, 6.07) is 1.96. The molecule has 0 aliphatic carbocycles. The predicted molar refractivity (Wildman–Crippen MR) is 61.7 cm³/mol. The van der Waals surface area contributed by atoms with Gasteiger partial charge in [-0.1, -0.05) is 20.8 Å². The number of hydrogen-bond donors (Lipinski definition) is 0. The predicted octanol–water partition coefficient (Wildman–Crippen LogP) is 3.84. The lowest BCUT2D eigenvalue weighted by atomic mass is 9.92. The normalized spacial score (nSPS) is 12.1. The minimum atomic E-state index is 0.359. The van der Waals surface area contributed by atoms with Crippen molar-refractivity contribution in [3.63, 3.8) is 0 Å². The van der Waals surface area contributed by atoms with Crippen molar-refractivity contribution in [1.82, 2.24) is 9.78 Å². The molecule has 1 aromatic rings. The molecule has 0 aromatic carbocycles. The van der Waals surface area contributed by atoms with Crippen molar-refractivity contribution < 1.29 is 0 Å². The molecule has 0 aliphatic heterocycles. The standard InChI is InChI=1S/C9H14Br2N2/c1-9(2,3)4-5-13-8(11)6-7(10)12-13/h6H,4-5H2,1-3H3. The lowest BCUT2D eigenvalue weighted by Gasteiger charge is -2.17. The first kappa shape index (κ1) is 11.2. The SMILES string of the molecule is CC(C)(C)CCn1nc(Br)cc1Br. The zero-order chi connectivity index (χ0) is 10.1. The Bertz CT molecular complexity index is 286. The second-order valence-corrected chi connectivity index (χ2v) is 5.95. The maximum Gasteiger partial charge on any atom is 0.129 e. The van der Waals surface area contributed by atoms with Crippen LogP contribution < -0.4 is 0 Å². The molecule has 1 rings (SSSR count). The van der Waals surface area contributed by atoms with Gasteiger partial charge < -0.3 is 0 Å². The van der Waals surface area contributed by atoms with E-state index in [0.717, 1.165) is 22.2 Å². The van der Waals surface area contributed by atoms with Crippen LogP contribution in [0.4, 0.5) is 0 Å². The molecule has 1 heterocycles. The van der Waals surface area contributed by atoms with Crippen molar-refractivity contribution in [3.05, 3.63) is 15.3 Å². The van der Waals surface area contributed by atoms with Crippen LogP contribution in [-0.2, 0) is 6.54 Å². The van der Waals surface area contributed by atoms with Gasteiger partial charge in [0, 0.05) is 12.6 Å². The molecule has 13 heavy (non-hydrogen) atoms. The van der Waals surface area contributed by atoms with Crippen molar-refractivity contribution in [3.8, 4) is 0 Å². The second-order valence-electron chi connectivity index (χ2n) is 4.32. The number of aromatic nitrogens is 2. The zero-order valence-corrected chi connectivity index (χ0v) is 11.3. The Morgan fingerprint density at radius 2 is 2.00 bits per heavy atom. The molecule has 0 unspecified atom stereocenters. The molecule has 1 aromatic heterocycles. The van der Waals surface area contributed by atoms with E-state index < -0.39 is 0 Å². The van der Waals surface area contributed by atoms with Crippen LogP contribution in [0.3, 0.4) is 0 Å². The average Bonchev–Trinajstić information content (AvgIpc) is 2.24. The topological polar surface area (TPSA) is 17.8 Å². The van der Waals surface area contributed by atoms with E-state index in [9.17, 15) is 0 Å². The fourth-order valence-electron chi connectivity index (χ4n) is 0.963. The number of rotatable bonds is 2. The fraction of sp³-hybridized carbons (Fsp3) is 0.667. The number of aryl methyl sites for hydroxylation is 1. The molecule has 2 nitrogen and oxygen atoms in total. The van der Waals surface area contributed by atoms with E-state index in [4.69, 9.17) is 0 Å². The van der Waals surface area contributed by atoms with Crippen molar-refractivity contribution in [2.45, 2.75) is 33.7 Å². The maximum absolute atomic E-state index is 4.30. The van der Waals surface area contributed by atoms with Gasteiger partial charge in [-0.05, 0) is 43.7 Å². The Hall–Kier alpha value is 0.170.